The highest BCUT2D eigenvalue weighted by Gasteiger charge is 2.26. The molecule has 0 aliphatic heterocycles. The van der Waals surface area contributed by atoms with Crippen LogP contribution in [0.3, 0.4) is 0 Å². The van der Waals surface area contributed by atoms with Gasteiger partial charge in [0.15, 0.2) is 0 Å². The minimum Gasteiger partial charge on any atom is -0.218 e. The van der Waals surface area contributed by atoms with Crippen LogP contribution >= 0.6 is 15.9 Å². The lowest BCUT2D eigenvalue weighted by Crippen LogP contribution is -2.11. The van der Waals surface area contributed by atoms with Gasteiger partial charge in [-0.2, -0.15) is 8.78 Å². The van der Waals surface area contributed by atoms with Crippen LogP contribution < -0.4 is 0 Å². The molecule has 0 saturated heterocycles. The van der Waals surface area contributed by atoms with Gasteiger partial charge in [-0.05, 0) is 24.6 Å². The van der Waals surface area contributed by atoms with Crippen molar-refractivity contribution in [3.8, 4) is 0 Å². The first kappa shape index (κ1) is 11.6. The Morgan fingerprint density at radius 1 is 1.36 bits per heavy atom. The second-order valence-corrected chi connectivity index (χ2v) is 5.49. The van der Waals surface area contributed by atoms with Gasteiger partial charge in [0.1, 0.15) is 0 Å². The summed E-state index contributed by atoms with van der Waals surface area (Å²) in [6.45, 7) is 1.74. The summed E-state index contributed by atoms with van der Waals surface area (Å²) in [4.78, 5) is -0.370. The number of hydrogen-bond acceptors (Lipinski definition) is 2. The molecule has 0 unspecified atom stereocenters. The molecule has 0 radical (unpaired) electrons. The van der Waals surface area contributed by atoms with Crippen LogP contribution in [0.4, 0.5) is 8.78 Å². The van der Waals surface area contributed by atoms with Crippen molar-refractivity contribution >= 4 is 25.8 Å². The monoisotopic (exact) mass is 284 g/mol. The summed E-state index contributed by atoms with van der Waals surface area (Å²) in [7, 11) is -4.48. The fourth-order valence-electron chi connectivity index (χ4n) is 0.853. The number of aryl methyl sites for hydroxylation is 1. The van der Waals surface area contributed by atoms with Crippen LogP contribution in [0.2, 0.25) is 0 Å². The van der Waals surface area contributed by atoms with Crippen molar-refractivity contribution in [1.29, 1.82) is 0 Å². The van der Waals surface area contributed by atoms with Crippen molar-refractivity contribution in [2.24, 2.45) is 0 Å². The van der Waals surface area contributed by atoms with Crippen LogP contribution in [0.5, 0.6) is 0 Å². The summed E-state index contributed by atoms with van der Waals surface area (Å²) in [5, 5.41) is 0. The van der Waals surface area contributed by atoms with Gasteiger partial charge in [0.05, 0.1) is 4.90 Å². The molecule has 2 nitrogen and oxygen atoms in total. The maximum absolute atomic E-state index is 12.1. The molecule has 0 fully saturated rings. The molecule has 6 heteroatoms. The molecule has 1 aromatic rings. The van der Waals surface area contributed by atoms with Crippen molar-refractivity contribution in [1.82, 2.24) is 0 Å². The van der Waals surface area contributed by atoms with Crippen LogP contribution in [-0.2, 0) is 9.84 Å². The van der Waals surface area contributed by atoms with E-state index in [0.717, 1.165) is 5.56 Å². The smallest absolute Gasteiger partial charge is 0.218 e. The molecule has 1 aromatic carbocycles. The minimum absolute atomic E-state index is 0.370. The summed E-state index contributed by atoms with van der Waals surface area (Å²) in [5.41, 5.74) is 0.790. The Hall–Kier alpha value is -0.490. The highest BCUT2D eigenvalue weighted by atomic mass is 79.9. The Balaban J connectivity index is 3.29. The summed E-state index contributed by atoms with van der Waals surface area (Å²) < 4.78 is 46.8. The van der Waals surface area contributed by atoms with Gasteiger partial charge in [0, 0.05) is 4.47 Å². The zero-order chi connectivity index (χ0) is 10.9. The minimum atomic E-state index is -4.48. The second-order valence-electron chi connectivity index (χ2n) is 2.72. The molecule has 0 amide bonds. The highest BCUT2D eigenvalue weighted by Crippen LogP contribution is 2.24. The Kier molecular flexibility index (Phi) is 3.26. The first-order chi connectivity index (χ1) is 6.35. The van der Waals surface area contributed by atoms with E-state index in [0.29, 0.717) is 4.47 Å². The lowest BCUT2D eigenvalue weighted by molar-refractivity contribution is 0.234. The van der Waals surface area contributed by atoms with Crippen molar-refractivity contribution in [3.05, 3.63) is 28.2 Å². The van der Waals surface area contributed by atoms with E-state index in [-0.39, 0.29) is 4.90 Å². The van der Waals surface area contributed by atoms with Gasteiger partial charge in [-0.25, -0.2) is 8.42 Å². The summed E-state index contributed by atoms with van der Waals surface area (Å²) >= 11 is 3.08. The zero-order valence-electron chi connectivity index (χ0n) is 7.17. The maximum atomic E-state index is 12.1. The fourth-order valence-corrected chi connectivity index (χ4v) is 2.13. The molecule has 0 atom stereocenters. The Morgan fingerprint density at radius 3 is 2.36 bits per heavy atom. The highest BCUT2D eigenvalue weighted by molar-refractivity contribution is 9.10. The van der Waals surface area contributed by atoms with E-state index in [9.17, 15) is 17.2 Å². The SMILES string of the molecule is Cc1ccc(S(=O)(=O)C(F)F)cc1Br. The average Bonchev–Trinajstić information content (AvgIpc) is 2.09. The van der Waals surface area contributed by atoms with E-state index in [1.54, 1.807) is 6.92 Å². The maximum Gasteiger partial charge on any atom is 0.341 e. The molecule has 1 rings (SSSR count). The number of benzene rings is 1. The van der Waals surface area contributed by atoms with E-state index in [2.05, 4.69) is 15.9 Å². The van der Waals surface area contributed by atoms with Crippen LogP contribution in [0.1, 0.15) is 5.56 Å². The molecule has 0 saturated carbocycles. The molecular formula is C8H7BrF2O2S. The quantitative estimate of drug-likeness (QED) is 0.837. The van der Waals surface area contributed by atoms with Gasteiger partial charge in [0.25, 0.3) is 0 Å². The zero-order valence-corrected chi connectivity index (χ0v) is 9.57. The Labute approximate surface area is 89.0 Å². The van der Waals surface area contributed by atoms with Crippen molar-refractivity contribution < 1.29 is 17.2 Å². The van der Waals surface area contributed by atoms with E-state index >= 15 is 0 Å². The molecular weight excluding hydrogens is 278 g/mol. The van der Waals surface area contributed by atoms with Gasteiger partial charge < -0.3 is 0 Å². The standard InChI is InChI=1S/C8H7BrF2O2S/c1-5-2-3-6(4-7(5)9)14(12,13)8(10)11/h2-4,8H,1H3. The van der Waals surface area contributed by atoms with E-state index in [1.165, 1.54) is 18.2 Å². The third-order valence-electron chi connectivity index (χ3n) is 1.71. The predicted molar refractivity (Wildman–Crippen MR) is 52.1 cm³/mol. The second kappa shape index (κ2) is 3.94. The number of alkyl halides is 2. The molecule has 0 bridgehead atoms. The summed E-state index contributed by atoms with van der Waals surface area (Å²) in [6.07, 6.45) is 0. The van der Waals surface area contributed by atoms with Gasteiger partial charge in [-0.1, -0.05) is 22.0 Å². The van der Waals surface area contributed by atoms with E-state index in [4.69, 9.17) is 0 Å². The number of halogens is 3. The van der Waals surface area contributed by atoms with E-state index < -0.39 is 15.6 Å². The molecule has 0 N–H and O–H groups in total. The van der Waals surface area contributed by atoms with E-state index in [1.807, 2.05) is 0 Å². The molecule has 0 aliphatic rings. The van der Waals surface area contributed by atoms with Gasteiger partial charge in [-0.3, -0.25) is 0 Å². The van der Waals surface area contributed by atoms with Crippen LogP contribution in [0.15, 0.2) is 27.6 Å². The summed E-state index contributed by atoms with van der Waals surface area (Å²) in [5.74, 6) is -3.38. The van der Waals surface area contributed by atoms with Gasteiger partial charge in [0.2, 0.25) is 9.84 Å². The third kappa shape index (κ3) is 2.12. The molecule has 78 valence electrons. The molecule has 0 aliphatic carbocycles. The average molecular weight is 285 g/mol. The molecule has 0 aromatic heterocycles. The van der Waals surface area contributed by atoms with Crippen molar-refractivity contribution in [2.75, 3.05) is 0 Å². The van der Waals surface area contributed by atoms with Gasteiger partial charge in [-0.15, -0.1) is 0 Å². The van der Waals surface area contributed by atoms with Crippen LogP contribution in [0, 0.1) is 6.92 Å². The number of sulfone groups is 1. The number of rotatable bonds is 2. The molecule has 14 heavy (non-hydrogen) atoms. The van der Waals surface area contributed by atoms with Crippen molar-refractivity contribution in [3.63, 3.8) is 0 Å². The lowest BCUT2D eigenvalue weighted by Gasteiger charge is -2.04. The Bertz CT molecular complexity index is 443. The molecule has 0 spiro atoms. The first-order valence-corrected chi connectivity index (χ1v) is 5.98. The Morgan fingerprint density at radius 2 is 1.93 bits per heavy atom. The van der Waals surface area contributed by atoms with Crippen LogP contribution in [0.25, 0.3) is 0 Å². The topological polar surface area (TPSA) is 34.1 Å². The first-order valence-electron chi connectivity index (χ1n) is 3.64. The third-order valence-corrected chi connectivity index (χ3v) is 3.94. The lowest BCUT2D eigenvalue weighted by atomic mass is 10.2. The predicted octanol–water partition coefficient (Wildman–Crippen LogP) is 2.75. The van der Waals surface area contributed by atoms with Gasteiger partial charge >= 0.3 is 5.76 Å². The largest absolute Gasteiger partial charge is 0.341 e. The number of hydrogen-bond donors (Lipinski definition) is 0. The summed E-state index contributed by atoms with van der Waals surface area (Å²) in [6, 6.07) is 3.82. The van der Waals surface area contributed by atoms with Crippen LogP contribution in [-0.4, -0.2) is 14.2 Å². The normalized spacial score (nSPS) is 12.1. The van der Waals surface area contributed by atoms with Crippen molar-refractivity contribution in [2.45, 2.75) is 17.6 Å². The fraction of sp³-hybridized carbons (Fsp3) is 0.250. The molecule has 0 heterocycles.